The van der Waals surface area contributed by atoms with Crippen molar-refractivity contribution in [3.05, 3.63) is 35.5 Å². The molecule has 0 fully saturated rings. The van der Waals surface area contributed by atoms with Crippen molar-refractivity contribution >= 4 is 22.3 Å². The zero-order valence-electron chi connectivity index (χ0n) is 10.7. The highest BCUT2D eigenvalue weighted by Crippen LogP contribution is 2.32. The third kappa shape index (κ3) is 2.43. The fourth-order valence-electron chi connectivity index (χ4n) is 1.79. The number of nitrogens with zero attached hydrogens (tertiary/aromatic N) is 1. The van der Waals surface area contributed by atoms with E-state index in [4.69, 9.17) is 5.73 Å². The Kier molecular flexibility index (Phi) is 3.48. The molecule has 0 atom stereocenters. The number of aromatic nitrogens is 1. The number of nitrogens with two attached hydrogens (primary N) is 1. The van der Waals surface area contributed by atoms with Gasteiger partial charge in [0.2, 0.25) is 0 Å². The summed E-state index contributed by atoms with van der Waals surface area (Å²) >= 11 is 1.36. The Bertz CT molecular complexity index is 570. The van der Waals surface area contributed by atoms with Crippen LogP contribution in [-0.4, -0.2) is 10.8 Å². The zero-order chi connectivity index (χ0) is 13.3. The Morgan fingerprint density at radius 3 is 2.39 bits per heavy atom. The van der Waals surface area contributed by atoms with E-state index in [0.717, 1.165) is 10.4 Å². The fourth-order valence-corrected chi connectivity index (χ4v) is 2.68. The van der Waals surface area contributed by atoms with Crippen LogP contribution >= 0.6 is 11.3 Å². The number of carbonyl (C=O) groups is 1. The van der Waals surface area contributed by atoms with Gasteiger partial charge in [0.05, 0.1) is 4.88 Å². The van der Waals surface area contributed by atoms with Crippen molar-refractivity contribution in [2.24, 2.45) is 0 Å². The molecule has 0 aliphatic heterocycles. The van der Waals surface area contributed by atoms with E-state index in [2.05, 4.69) is 31.0 Å². The highest BCUT2D eigenvalue weighted by atomic mass is 32.1. The lowest BCUT2D eigenvalue weighted by Gasteiger charge is -2.06. The zero-order valence-corrected chi connectivity index (χ0v) is 11.5. The minimum Gasteiger partial charge on any atom is -0.375 e. The number of thiazole rings is 1. The second-order valence-corrected chi connectivity index (χ2v) is 5.59. The number of hydrogen-bond acceptors (Lipinski definition) is 4. The predicted molar refractivity (Wildman–Crippen MR) is 76.1 cm³/mol. The highest BCUT2D eigenvalue weighted by Gasteiger charge is 2.15. The van der Waals surface area contributed by atoms with Crippen LogP contribution < -0.4 is 5.73 Å². The van der Waals surface area contributed by atoms with E-state index in [0.29, 0.717) is 16.7 Å². The Labute approximate surface area is 111 Å². The van der Waals surface area contributed by atoms with E-state index >= 15 is 0 Å². The van der Waals surface area contributed by atoms with Crippen molar-refractivity contribution in [3.8, 4) is 10.4 Å². The van der Waals surface area contributed by atoms with Crippen LogP contribution in [0.3, 0.4) is 0 Å². The molecule has 0 aliphatic carbocycles. The van der Waals surface area contributed by atoms with E-state index in [-0.39, 0.29) is 5.78 Å². The van der Waals surface area contributed by atoms with Crippen molar-refractivity contribution in [2.75, 3.05) is 5.73 Å². The first-order valence-electron chi connectivity index (χ1n) is 5.86. The van der Waals surface area contributed by atoms with Crippen LogP contribution in [-0.2, 0) is 0 Å². The standard InChI is InChI=1S/C14H16N2OS/c1-8(2)10-4-6-11(7-5-10)13-12(9(3)17)16-14(15)18-13/h4-8H,1-3H3,(H2,15,16). The van der Waals surface area contributed by atoms with Gasteiger partial charge in [0.25, 0.3) is 0 Å². The number of anilines is 1. The third-order valence-corrected chi connectivity index (χ3v) is 3.75. The van der Waals surface area contributed by atoms with Gasteiger partial charge >= 0.3 is 0 Å². The van der Waals surface area contributed by atoms with Crippen molar-refractivity contribution < 1.29 is 4.79 Å². The van der Waals surface area contributed by atoms with Gasteiger partial charge in [-0.2, -0.15) is 0 Å². The highest BCUT2D eigenvalue weighted by molar-refractivity contribution is 7.19. The van der Waals surface area contributed by atoms with Crippen LogP contribution in [0.1, 0.15) is 42.7 Å². The first kappa shape index (κ1) is 12.8. The Balaban J connectivity index is 2.45. The monoisotopic (exact) mass is 260 g/mol. The molecule has 0 saturated carbocycles. The van der Waals surface area contributed by atoms with Crippen LogP contribution in [0.15, 0.2) is 24.3 Å². The van der Waals surface area contributed by atoms with Gasteiger partial charge in [-0.05, 0) is 17.0 Å². The minimum atomic E-state index is -0.0501. The molecule has 0 saturated heterocycles. The van der Waals surface area contributed by atoms with Crippen molar-refractivity contribution in [1.82, 2.24) is 4.98 Å². The minimum absolute atomic E-state index is 0.0501. The molecule has 0 amide bonds. The molecular weight excluding hydrogens is 244 g/mol. The van der Waals surface area contributed by atoms with Gasteiger partial charge in [-0.3, -0.25) is 4.79 Å². The van der Waals surface area contributed by atoms with Gasteiger partial charge in [-0.1, -0.05) is 49.4 Å². The maximum absolute atomic E-state index is 11.5. The molecular formula is C14H16N2OS. The Hall–Kier alpha value is -1.68. The molecule has 0 unspecified atom stereocenters. The molecule has 94 valence electrons. The van der Waals surface area contributed by atoms with Crippen LogP contribution in [0.25, 0.3) is 10.4 Å². The SMILES string of the molecule is CC(=O)c1nc(N)sc1-c1ccc(C(C)C)cc1. The first-order valence-corrected chi connectivity index (χ1v) is 6.68. The molecule has 4 heteroatoms. The van der Waals surface area contributed by atoms with Crippen LogP contribution in [0.4, 0.5) is 5.13 Å². The van der Waals surface area contributed by atoms with Crippen molar-refractivity contribution in [2.45, 2.75) is 26.7 Å². The Morgan fingerprint density at radius 2 is 1.89 bits per heavy atom. The average molecular weight is 260 g/mol. The number of carbonyl (C=O) groups excluding carboxylic acids is 1. The van der Waals surface area contributed by atoms with Gasteiger partial charge in [-0.25, -0.2) is 4.98 Å². The number of benzene rings is 1. The summed E-state index contributed by atoms with van der Waals surface area (Å²) in [6, 6.07) is 8.21. The number of Topliss-reactive ketones (excluding diaryl/α,β-unsaturated/α-hetero) is 1. The van der Waals surface area contributed by atoms with Gasteiger partial charge in [0.1, 0.15) is 5.69 Å². The molecule has 0 spiro atoms. The fraction of sp³-hybridized carbons (Fsp3) is 0.286. The smallest absolute Gasteiger partial charge is 0.181 e. The molecule has 18 heavy (non-hydrogen) atoms. The molecule has 1 aromatic carbocycles. The van der Waals surface area contributed by atoms with Gasteiger partial charge < -0.3 is 5.73 Å². The average Bonchev–Trinajstić information content (AvgIpc) is 2.71. The lowest BCUT2D eigenvalue weighted by atomic mass is 10.0. The molecule has 1 heterocycles. The third-order valence-electron chi connectivity index (χ3n) is 2.82. The summed E-state index contributed by atoms with van der Waals surface area (Å²) in [6.45, 7) is 5.82. The van der Waals surface area contributed by atoms with Crippen molar-refractivity contribution in [1.29, 1.82) is 0 Å². The Morgan fingerprint density at radius 1 is 1.28 bits per heavy atom. The molecule has 0 radical (unpaired) electrons. The molecule has 1 aromatic heterocycles. The number of nitrogen functional groups attached to an aromatic ring is 1. The molecule has 3 nitrogen and oxygen atoms in total. The largest absolute Gasteiger partial charge is 0.375 e. The topological polar surface area (TPSA) is 56.0 Å². The molecule has 2 rings (SSSR count). The summed E-state index contributed by atoms with van der Waals surface area (Å²) in [5, 5.41) is 0.433. The summed E-state index contributed by atoms with van der Waals surface area (Å²) < 4.78 is 0. The normalized spacial score (nSPS) is 10.9. The second-order valence-electron chi connectivity index (χ2n) is 4.56. The van der Waals surface area contributed by atoms with Gasteiger partial charge in [-0.15, -0.1) is 0 Å². The maximum Gasteiger partial charge on any atom is 0.181 e. The molecule has 2 N–H and O–H groups in total. The van der Waals surface area contributed by atoms with Crippen LogP contribution in [0.5, 0.6) is 0 Å². The van der Waals surface area contributed by atoms with E-state index in [9.17, 15) is 4.79 Å². The van der Waals surface area contributed by atoms with E-state index in [1.165, 1.54) is 23.8 Å². The quantitative estimate of drug-likeness (QED) is 0.856. The van der Waals surface area contributed by atoms with E-state index < -0.39 is 0 Å². The van der Waals surface area contributed by atoms with Crippen LogP contribution in [0.2, 0.25) is 0 Å². The van der Waals surface area contributed by atoms with Crippen molar-refractivity contribution in [3.63, 3.8) is 0 Å². The number of ketones is 1. The summed E-state index contributed by atoms with van der Waals surface area (Å²) in [4.78, 5) is 16.5. The summed E-state index contributed by atoms with van der Waals surface area (Å²) in [5.41, 5.74) is 8.43. The van der Waals surface area contributed by atoms with Gasteiger partial charge in [0, 0.05) is 6.92 Å². The van der Waals surface area contributed by atoms with E-state index in [1.807, 2.05) is 12.1 Å². The summed E-state index contributed by atoms with van der Waals surface area (Å²) in [7, 11) is 0. The summed E-state index contributed by atoms with van der Waals surface area (Å²) in [6.07, 6.45) is 0. The maximum atomic E-state index is 11.5. The molecule has 0 bridgehead atoms. The van der Waals surface area contributed by atoms with Crippen LogP contribution in [0, 0.1) is 0 Å². The lowest BCUT2D eigenvalue weighted by Crippen LogP contribution is -1.95. The van der Waals surface area contributed by atoms with Gasteiger partial charge in [0.15, 0.2) is 10.9 Å². The summed E-state index contributed by atoms with van der Waals surface area (Å²) in [5.74, 6) is 0.448. The number of rotatable bonds is 3. The molecule has 2 aromatic rings. The molecule has 0 aliphatic rings. The lowest BCUT2D eigenvalue weighted by molar-refractivity contribution is 0.101. The first-order chi connectivity index (χ1) is 8.49. The predicted octanol–water partition coefficient (Wildman–Crippen LogP) is 3.72. The number of hydrogen-bond donors (Lipinski definition) is 1. The van der Waals surface area contributed by atoms with E-state index in [1.54, 1.807) is 0 Å². The second kappa shape index (κ2) is 4.90.